The minimum absolute atomic E-state index is 0.0386. The highest BCUT2D eigenvalue weighted by Gasteiger charge is 2.26. The van der Waals surface area contributed by atoms with Crippen LogP contribution in [0.15, 0.2) is 42.5 Å². The first-order chi connectivity index (χ1) is 12.5. The van der Waals surface area contributed by atoms with Crippen molar-refractivity contribution in [2.45, 2.75) is 6.92 Å². The molecule has 2 aromatic rings. The highest BCUT2D eigenvalue weighted by molar-refractivity contribution is 5.97. The molecule has 136 valence electrons. The van der Waals surface area contributed by atoms with E-state index in [9.17, 15) is 9.59 Å². The molecule has 1 saturated heterocycles. The zero-order valence-corrected chi connectivity index (χ0v) is 15.1. The van der Waals surface area contributed by atoms with Gasteiger partial charge < -0.3 is 20.3 Å². The van der Waals surface area contributed by atoms with Gasteiger partial charge in [0.2, 0.25) is 0 Å². The number of anilines is 1. The molecule has 1 aliphatic heterocycles. The van der Waals surface area contributed by atoms with Gasteiger partial charge in [-0.3, -0.25) is 9.59 Å². The number of ether oxygens (including phenoxy) is 1. The molecule has 2 aromatic carbocycles. The minimum Gasteiger partial charge on any atom is -0.497 e. The van der Waals surface area contributed by atoms with Gasteiger partial charge in [-0.25, -0.2) is 0 Å². The summed E-state index contributed by atoms with van der Waals surface area (Å²) in [5.74, 6) is 0.571. The second kappa shape index (κ2) is 7.47. The molecule has 0 aromatic heterocycles. The number of nitrogens with zero attached hydrogens (tertiary/aromatic N) is 2. The molecule has 1 aliphatic rings. The summed E-state index contributed by atoms with van der Waals surface area (Å²) in [4.78, 5) is 29.0. The number of hydrogen-bond acceptors (Lipinski definition) is 4. The second-order valence-electron chi connectivity index (χ2n) is 6.39. The van der Waals surface area contributed by atoms with E-state index in [2.05, 4.69) is 0 Å². The van der Waals surface area contributed by atoms with Gasteiger partial charge in [-0.1, -0.05) is 12.1 Å². The number of rotatable bonds is 3. The van der Waals surface area contributed by atoms with E-state index in [0.29, 0.717) is 48.7 Å². The van der Waals surface area contributed by atoms with Crippen molar-refractivity contribution in [2.75, 3.05) is 39.0 Å². The van der Waals surface area contributed by atoms with Gasteiger partial charge in [-0.15, -0.1) is 0 Å². The predicted molar refractivity (Wildman–Crippen MR) is 100 cm³/mol. The highest BCUT2D eigenvalue weighted by atomic mass is 16.5. The summed E-state index contributed by atoms with van der Waals surface area (Å²) in [5.41, 5.74) is 8.50. The van der Waals surface area contributed by atoms with Crippen molar-refractivity contribution in [3.8, 4) is 5.75 Å². The molecule has 2 N–H and O–H groups in total. The zero-order valence-electron chi connectivity index (χ0n) is 15.1. The Bertz CT molecular complexity index is 827. The maximum Gasteiger partial charge on any atom is 0.254 e. The van der Waals surface area contributed by atoms with Gasteiger partial charge in [0, 0.05) is 43.0 Å². The topological polar surface area (TPSA) is 75.9 Å². The Kier molecular flexibility index (Phi) is 5.11. The first-order valence-electron chi connectivity index (χ1n) is 8.58. The lowest BCUT2D eigenvalue weighted by Crippen LogP contribution is -2.50. The van der Waals surface area contributed by atoms with E-state index in [4.69, 9.17) is 10.5 Å². The lowest BCUT2D eigenvalue weighted by atomic mass is 10.1. The number of carbonyl (C=O) groups is 2. The number of nitrogen functional groups attached to an aromatic ring is 1. The molecule has 0 atom stereocenters. The van der Waals surface area contributed by atoms with Crippen LogP contribution >= 0.6 is 0 Å². The number of amides is 2. The van der Waals surface area contributed by atoms with E-state index in [1.54, 1.807) is 53.3 Å². The highest BCUT2D eigenvalue weighted by Crippen LogP contribution is 2.18. The second-order valence-corrected chi connectivity index (χ2v) is 6.39. The Hall–Kier alpha value is -3.02. The van der Waals surface area contributed by atoms with Crippen LogP contribution in [0, 0.1) is 6.92 Å². The van der Waals surface area contributed by atoms with E-state index in [-0.39, 0.29) is 11.8 Å². The molecule has 0 spiro atoms. The fourth-order valence-corrected chi connectivity index (χ4v) is 3.09. The molecule has 0 radical (unpaired) electrons. The third kappa shape index (κ3) is 3.64. The van der Waals surface area contributed by atoms with Gasteiger partial charge in [-0.05, 0) is 42.8 Å². The van der Waals surface area contributed by atoms with Crippen LogP contribution in [0.3, 0.4) is 0 Å². The van der Waals surface area contributed by atoms with Gasteiger partial charge in [-0.2, -0.15) is 0 Å². The largest absolute Gasteiger partial charge is 0.497 e. The lowest BCUT2D eigenvalue weighted by Gasteiger charge is -2.35. The van der Waals surface area contributed by atoms with Crippen LogP contribution in [-0.2, 0) is 0 Å². The van der Waals surface area contributed by atoms with Crippen LogP contribution in [0.2, 0.25) is 0 Å². The molecule has 0 unspecified atom stereocenters. The van der Waals surface area contributed by atoms with Crippen molar-refractivity contribution in [3.63, 3.8) is 0 Å². The van der Waals surface area contributed by atoms with Crippen LogP contribution < -0.4 is 10.5 Å². The predicted octanol–water partition coefficient (Wildman–Crippen LogP) is 2.18. The molecular weight excluding hydrogens is 330 g/mol. The molecule has 26 heavy (non-hydrogen) atoms. The SMILES string of the molecule is COc1cccc(C(=O)N2CCN(C(=O)c3cc(N)ccc3C)CC2)c1. The molecule has 2 amide bonds. The third-order valence-electron chi connectivity index (χ3n) is 4.66. The van der Waals surface area contributed by atoms with Crippen molar-refractivity contribution < 1.29 is 14.3 Å². The van der Waals surface area contributed by atoms with E-state index < -0.39 is 0 Å². The molecule has 0 bridgehead atoms. The average molecular weight is 353 g/mol. The number of carbonyl (C=O) groups excluding carboxylic acids is 2. The van der Waals surface area contributed by atoms with Gasteiger partial charge in [0.1, 0.15) is 5.75 Å². The van der Waals surface area contributed by atoms with Gasteiger partial charge in [0.05, 0.1) is 7.11 Å². The first kappa shape index (κ1) is 17.8. The van der Waals surface area contributed by atoms with Gasteiger partial charge in [0.25, 0.3) is 11.8 Å². The van der Waals surface area contributed by atoms with E-state index in [1.165, 1.54) is 0 Å². The maximum atomic E-state index is 12.8. The molecule has 1 fully saturated rings. The number of piperazine rings is 1. The summed E-state index contributed by atoms with van der Waals surface area (Å²) >= 11 is 0. The zero-order chi connectivity index (χ0) is 18.7. The van der Waals surface area contributed by atoms with Gasteiger partial charge in [0.15, 0.2) is 0 Å². The molecule has 6 nitrogen and oxygen atoms in total. The van der Waals surface area contributed by atoms with Crippen LogP contribution in [0.4, 0.5) is 5.69 Å². The van der Waals surface area contributed by atoms with Crippen molar-refractivity contribution in [1.82, 2.24) is 9.80 Å². The Morgan fingerprint density at radius 1 is 0.962 bits per heavy atom. The summed E-state index contributed by atoms with van der Waals surface area (Å²) in [6.45, 7) is 3.91. The number of methoxy groups -OCH3 is 1. The van der Waals surface area contributed by atoms with Crippen LogP contribution in [0.1, 0.15) is 26.3 Å². The first-order valence-corrected chi connectivity index (χ1v) is 8.58. The molecule has 6 heteroatoms. The monoisotopic (exact) mass is 353 g/mol. The Labute approximate surface area is 153 Å². The molecule has 3 rings (SSSR count). The summed E-state index contributed by atoms with van der Waals surface area (Å²) in [7, 11) is 1.58. The van der Waals surface area contributed by atoms with Crippen molar-refractivity contribution in [3.05, 3.63) is 59.2 Å². The summed E-state index contributed by atoms with van der Waals surface area (Å²) in [5, 5.41) is 0. The van der Waals surface area contributed by atoms with E-state index in [0.717, 1.165) is 5.56 Å². The normalized spacial score (nSPS) is 14.2. The van der Waals surface area contributed by atoms with E-state index in [1.807, 2.05) is 13.0 Å². The number of hydrogen-bond donors (Lipinski definition) is 1. The van der Waals surface area contributed by atoms with Crippen LogP contribution in [-0.4, -0.2) is 54.9 Å². The van der Waals surface area contributed by atoms with Crippen molar-refractivity contribution in [2.24, 2.45) is 0 Å². The molecular formula is C20H23N3O3. The number of nitrogens with two attached hydrogens (primary N) is 1. The maximum absolute atomic E-state index is 12.8. The summed E-state index contributed by atoms with van der Waals surface area (Å²) in [6.07, 6.45) is 0. The average Bonchev–Trinajstić information content (AvgIpc) is 2.69. The Balaban J connectivity index is 1.66. The van der Waals surface area contributed by atoms with Crippen molar-refractivity contribution in [1.29, 1.82) is 0 Å². The fraction of sp³-hybridized carbons (Fsp3) is 0.300. The lowest BCUT2D eigenvalue weighted by molar-refractivity contribution is 0.0535. The molecule has 1 heterocycles. The Morgan fingerprint density at radius 3 is 2.27 bits per heavy atom. The molecule has 0 aliphatic carbocycles. The number of benzene rings is 2. The molecule has 0 saturated carbocycles. The van der Waals surface area contributed by atoms with Crippen LogP contribution in [0.5, 0.6) is 5.75 Å². The minimum atomic E-state index is -0.0452. The quantitative estimate of drug-likeness (QED) is 0.858. The smallest absolute Gasteiger partial charge is 0.254 e. The standard InChI is InChI=1S/C20H23N3O3/c1-14-6-7-16(21)13-18(14)20(25)23-10-8-22(9-11-23)19(24)15-4-3-5-17(12-15)26-2/h3-7,12-13H,8-11,21H2,1-2H3. The Morgan fingerprint density at radius 2 is 1.62 bits per heavy atom. The van der Waals surface area contributed by atoms with Crippen molar-refractivity contribution >= 4 is 17.5 Å². The third-order valence-corrected chi connectivity index (χ3v) is 4.66. The summed E-state index contributed by atoms with van der Waals surface area (Å²) < 4.78 is 5.18. The van der Waals surface area contributed by atoms with Crippen LogP contribution in [0.25, 0.3) is 0 Å². The summed E-state index contributed by atoms with van der Waals surface area (Å²) in [6, 6.07) is 12.5. The fourth-order valence-electron chi connectivity index (χ4n) is 3.09. The van der Waals surface area contributed by atoms with E-state index >= 15 is 0 Å². The number of aryl methyl sites for hydroxylation is 1. The van der Waals surface area contributed by atoms with Gasteiger partial charge >= 0.3 is 0 Å².